The number of alkyl halides is 3. The summed E-state index contributed by atoms with van der Waals surface area (Å²) < 4.78 is 42.6. The Kier molecular flexibility index (Phi) is 4.55. The van der Waals surface area contributed by atoms with Gasteiger partial charge in [0.1, 0.15) is 5.82 Å². The highest BCUT2D eigenvalue weighted by molar-refractivity contribution is 5.79. The van der Waals surface area contributed by atoms with Gasteiger partial charge in [0.15, 0.2) is 6.10 Å². The van der Waals surface area contributed by atoms with Crippen LogP contribution < -0.4 is 5.56 Å². The smallest absolute Gasteiger partial charge is 0.365 e. The molecule has 0 aromatic carbocycles. The van der Waals surface area contributed by atoms with Crippen LogP contribution in [0.4, 0.5) is 13.2 Å². The molecule has 0 saturated carbocycles. The maximum atomic E-state index is 12.6. The first kappa shape index (κ1) is 16.5. The second-order valence-electron chi connectivity index (χ2n) is 5.13. The van der Waals surface area contributed by atoms with Crippen LogP contribution in [0.2, 0.25) is 0 Å². The molecule has 1 N–H and O–H groups in total. The molecule has 122 valence electrons. The predicted molar refractivity (Wildman–Crippen MR) is 70.4 cm³/mol. The minimum Gasteiger partial charge on any atom is -0.365 e. The summed E-state index contributed by atoms with van der Waals surface area (Å²) in [4.78, 5) is 31.6. The molecular formula is C13H16F3N3O3. The number of carbonyl (C=O) groups is 1. The molecule has 9 heteroatoms. The minimum absolute atomic E-state index is 0.0711. The van der Waals surface area contributed by atoms with E-state index in [2.05, 4.69) is 14.7 Å². The molecule has 0 radical (unpaired) electrons. The van der Waals surface area contributed by atoms with Gasteiger partial charge in [-0.3, -0.25) is 9.59 Å². The summed E-state index contributed by atoms with van der Waals surface area (Å²) in [5.74, 6) is -0.126. The van der Waals surface area contributed by atoms with Gasteiger partial charge in [-0.05, 0) is 13.8 Å². The molecule has 0 spiro atoms. The molecule has 0 bridgehead atoms. The highest BCUT2D eigenvalue weighted by Gasteiger charge is 2.44. The first-order valence-corrected chi connectivity index (χ1v) is 6.71. The number of aromatic amines is 1. The van der Waals surface area contributed by atoms with Crippen molar-refractivity contribution in [3.63, 3.8) is 0 Å². The lowest BCUT2D eigenvalue weighted by Gasteiger charge is -2.33. The zero-order valence-electron chi connectivity index (χ0n) is 12.2. The summed E-state index contributed by atoms with van der Waals surface area (Å²) >= 11 is 0. The van der Waals surface area contributed by atoms with Crippen molar-refractivity contribution in [2.45, 2.75) is 32.5 Å². The Bertz CT molecular complexity index is 627. The van der Waals surface area contributed by atoms with Gasteiger partial charge < -0.3 is 14.6 Å². The number of aromatic nitrogens is 2. The lowest BCUT2D eigenvalue weighted by Crippen LogP contribution is -2.51. The Labute approximate surface area is 124 Å². The zero-order chi connectivity index (χ0) is 16.5. The van der Waals surface area contributed by atoms with Gasteiger partial charge in [-0.25, -0.2) is 4.98 Å². The van der Waals surface area contributed by atoms with Gasteiger partial charge in [0.2, 0.25) is 5.91 Å². The number of hydrogen-bond acceptors (Lipinski definition) is 4. The minimum atomic E-state index is -4.52. The lowest BCUT2D eigenvalue weighted by molar-refractivity contribution is -0.236. The average molecular weight is 319 g/mol. The maximum absolute atomic E-state index is 12.6. The topological polar surface area (TPSA) is 75.3 Å². The number of morpholine rings is 1. The number of nitrogens with zero attached hydrogens (tertiary/aromatic N) is 2. The number of halogens is 3. The van der Waals surface area contributed by atoms with Gasteiger partial charge >= 0.3 is 6.18 Å². The molecule has 2 rings (SSSR count). The standard InChI is InChI=1S/C13H16F3N3O3/c1-7-9(12(21)18-8(2)17-7)5-11(20)19-3-4-22-10(6-19)13(14,15)16/h10H,3-6H2,1-2H3,(H,17,18,21)/t10-/m0/s1. The van der Waals surface area contributed by atoms with Gasteiger partial charge in [0, 0.05) is 17.8 Å². The third-order valence-electron chi connectivity index (χ3n) is 3.45. The largest absolute Gasteiger partial charge is 0.416 e. The third-order valence-corrected chi connectivity index (χ3v) is 3.45. The summed E-state index contributed by atoms with van der Waals surface area (Å²) in [6, 6.07) is 0. The Hall–Kier alpha value is -1.90. The zero-order valence-corrected chi connectivity index (χ0v) is 12.2. The molecule has 1 atom stereocenters. The Morgan fingerprint density at radius 1 is 1.45 bits per heavy atom. The SMILES string of the molecule is Cc1nc(C)c(CC(=O)N2CCO[C@H](C(F)(F)F)C2)c(=O)[nH]1. The van der Waals surface area contributed by atoms with Crippen molar-refractivity contribution in [3.8, 4) is 0 Å². The molecule has 1 saturated heterocycles. The van der Waals surface area contributed by atoms with Crippen molar-refractivity contribution in [1.29, 1.82) is 0 Å². The molecule has 1 aromatic heterocycles. The van der Waals surface area contributed by atoms with Crippen LogP contribution in [0.5, 0.6) is 0 Å². The highest BCUT2D eigenvalue weighted by Crippen LogP contribution is 2.25. The van der Waals surface area contributed by atoms with Crippen LogP contribution >= 0.6 is 0 Å². The summed E-state index contributed by atoms with van der Waals surface area (Å²) in [6.45, 7) is 2.52. The van der Waals surface area contributed by atoms with E-state index in [-0.39, 0.29) is 25.1 Å². The first-order chi connectivity index (χ1) is 10.2. The Balaban J connectivity index is 2.11. The molecule has 1 aliphatic heterocycles. The molecule has 1 amide bonds. The fourth-order valence-corrected chi connectivity index (χ4v) is 2.30. The fourth-order valence-electron chi connectivity index (χ4n) is 2.30. The van der Waals surface area contributed by atoms with Crippen LogP contribution in [-0.4, -0.2) is 52.8 Å². The second-order valence-corrected chi connectivity index (χ2v) is 5.13. The van der Waals surface area contributed by atoms with Crippen LogP contribution in [-0.2, 0) is 16.0 Å². The van der Waals surface area contributed by atoms with E-state index in [4.69, 9.17) is 0 Å². The average Bonchev–Trinajstić information content (AvgIpc) is 2.41. The quantitative estimate of drug-likeness (QED) is 0.871. The molecule has 1 aromatic rings. The van der Waals surface area contributed by atoms with E-state index in [0.717, 1.165) is 4.90 Å². The monoisotopic (exact) mass is 319 g/mol. The summed E-state index contributed by atoms with van der Waals surface area (Å²) in [7, 11) is 0. The highest BCUT2D eigenvalue weighted by atomic mass is 19.4. The first-order valence-electron chi connectivity index (χ1n) is 6.71. The van der Waals surface area contributed by atoms with Crippen molar-refractivity contribution in [3.05, 3.63) is 27.4 Å². The van der Waals surface area contributed by atoms with Gasteiger partial charge in [-0.1, -0.05) is 0 Å². The van der Waals surface area contributed by atoms with Crippen molar-refractivity contribution in [2.75, 3.05) is 19.7 Å². The van der Waals surface area contributed by atoms with Gasteiger partial charge in [0.25, 0.3) is 5.56 Å². The van der Waals surface area contributed by atoms with E-state index in [0.29, 0.717) is 11.5 Å². The Morgan fingerprint density at radius 2 is 2.14 bits per heavy atom. The molecule has 2 heterocycles. The molecule has 1 aliphatic rings. The van der Waals surface area contributed by atoms with Gasteiger partial charge in [0.05, 0.1) is 19.6 Å². The summed E-state index contributed by atoms with van der Waals surface area (Å²) in [5.41, 5.74) is 0.125. The van der Waals surface area contributed by atoms with E-state index in [1.165, 1.54) is 0 Å². The fraction of sp³-hybridized carbons (Fsp3) is 0.615. The number of aryl methyl sites for hydroxylation is 2. The number of amides is 1. The molecule has 0 aliphatic carbocycles. The van der Waals surface area contributed by atoms with E-state index >= 15 is 0 Å². The lowest BCUT2D eigenvalue weighted by atomic mass is 10.1. The summed E-state index contributed by atoms with van der Waals surface area (Å²) in [5, 5.41) is 0. The maximum Gasteiger partial charge on any atom is 0.416 e. The third kappa shape index (κ3) is 3.65. The van der Waals surface area contributed by atoms with Gasteiger partial charge in [-0.15, -0.1) is 0 Å². The van der Waals surface area contributed by atoms with Crippen molar-refractivity contribution >= 4 is 5.91 Å². The van der Waals surface area contributed by atoms with Crippen LogP contribution in [0.1, 0.15) is 17.1 Å². The van der Waals surface area contributed by atoms with E-state index < -0.39 is 30.3 Å². The number of ether oxygens (including phenoxy) is 1. The van der Waals surface area contributed by atoms with Crippen LogP contribution in [0, 0.1) is 13.8 Å². The van der Waals surface area contributed by atoms with E-state index in [1.54, 1.807) is 13.8 Å². The van der Waals surface area contributed by atoms with Crippen molar-refractivity contribution in [2.24, 2.45) is 0 Å². The van der Waals surface area contributed by atoms with E-state index in [1.807, 2.05) is 0 Å². The van der Waals surface area contributed by atoms with Gasteiger partial charge in [-0.2, -0.15) is 13.2 Å². The number of nitrogens with one attached hydrogen (secondary N) is 1. The van der Waals surface area contributed by atoms with Crippen LogP contribution in [0.15, 0.2) is 4.79 Å². The number of H-pyrrole nitrogens is 1. The van der Waals surface area contributed by atoms with Crippen molar-refractivity contribution in [1.82, 2.24) is 14.9 Å². The van der Waals surface area contributed by atoms with Crippen molar-refractivity contribution < 1.29 is 22.7 Å². The number of rotatable bonds is 2. The van der Waals surface area contributed by atoms with Crippen LogP contribution in [0.3, 0.4) is 0 Å². The second kappa shape index (κ2) is 6.07. The molecule has 1 fully saturated rings. The number of hydrogen-bond donors (Lipinski definition) is 1. The molecule has 0 unspecified atom stereocenters. The molecule has 22 heavy (non-hydrogen) atoms. The van der Waals surface area contributed by atoms with Crippen LogP contribution in [0.25, 0.3) is 0 Å². The normalized spacial score (nSPS) is 19.3. The molecule has 6 nitrogen and oxygen atoms in total. The number of carbonyl (C=O) groups excluding carboxylic acids is 1. The predicted octanol–water partition coefficient (Wildman–Crippen LogP) is 0.719. The summed E-state index contributed by atoms with van der Waals surface area (Å²) in [6.07, 6.45) is -6.78. The molecular weight excluding hydrogens is 303 g/mol. The van der Waals surface area contributed by atoms with E-state index in [9.17, 15) is 22.8 Å². The Morgan fingerprint density at radius 3 is 2.73 bits per heavy atom.